The molecule has 0 aliphatic rings. The topological polar surface area (TPSA) is 63.5 Å². The highest BCUT2D eigenvalue weighted by molar-refractivity contribution is 7.92. The maximum absolute atomic E-state index is 12.3. The normalized spacial score (nSPS) is 11.8. The van der Waals surface area contributed by atoms with Gasteiger partial charge in [-0.25, -0.2) is 4.98 Å². The Morgan fingerprint density at radius 2 is 2.16 bits per heavy atom. The molecule has 3 rings (SSSR count). The summed E-state index contributed by atoms with van der Waals surface area (Å²) >= 11 is 7.35. The van der Waals surface area contributed by atoms with Crippen LogP contribution in [0.15, 0.2) is 46.2 Å². The molecule has 8 heteroatoms. The lowest BCUT2D eigenvalue weighted by Crippen LogP contribution is -2.15. The number of rotatable bonds is 3. The molecule has 0 bridgehead atoms. The molecule has 0 aromatic carbocycles. The Bertz CT molecular complexity index is 825. The summed E-state index contributed by atoms with van der Waals surface area (Å²) in [4.78, 5) is 4.02. The molecule has 0 spiro atoms. The Kier molecular flexibility index (Phi) is 2.96. The zero-order chi connectivity index (χ0) is 13.5. The number of fused-ring (bicyclic) bond motifs is 1. The van der Waals surface area contributed by atoms with E-state index in [1.807, 2.05) is 0 Å². The fourth-order valence-corrected chi connectivity index (χ4v) is 4.07. The van der Waals surface area contributed by atoms with Gasteiger partial charge >= 0.3 is 0 Å². The van der Waals surface area contributed by atoms with Crippen LogP contribution in [0.2, 0.25) is 5.15 Å². The molecule has 0 aliphatic heterocycles. The molecule has 98 valence electrons. The molecule has 0 amide bonds. The van der Waals surface area contributed by atoms with Crippen LogP contribution in [0.1, 0.15) is 0 Å². The van der Waals surface area contributed by atoms with E-state index < -0.39 is 10.0 Å². The van der Waals surface area contributed by atoms with Crippen LogP contribution < -0.4 is 4.72 Å². The number of nitrogens with zero attached hydrogens (tertiary/aromatic N) is 2. The van der Waals surface area contributed by atoms with Gasteiger partial charge in [-0.3, -0.25) is 9.12 Å². The summed E-state index contributed by atoms with van der Waals surface area (Å²) in [6.45, 7) is 0. The van der Waals surface area contributed by atoms with Gasteiger partial charge < -0.3 is 0 Å². The van der Waals surface area contributed by atoms with Crippen LogP contribution >= 0.6 is 22.9 Å². The summed E-state index contributed by atoms with van der Waals surface area (Å²) in [5, 5.41) is 3.38. The Morgan fingerprint density at radius 1 is 1.32 bits per heavy atom. The highest BCUT2D eigenvalue weighted by Crippen LogP contribution is 2.25. The van der Waals surface area contributed by atoms with Crippen molar-refractivity contribution in [3.05, 3.63) is 46.4 Å². The van der Waals surface area contributed by atoms with Crippen LogP contribution in [0.25, 0.3) is 5.65 Å². The van der Waals surface area contributed by atoms with Crippen molar-refractivity contribution in [1.82, 2.24) is 9.38 Å². The van der Waals surface area contributed by atoms with Crippen LogP contribution in [0, 0.1) is 0 Å². The Morgan fingerprint density at radius 3 is 2.89 bits per heavy atom. The minimum absolute atomic E-state index is 0.0473. The fourth-order valence-electron chi connectivity index (χ4n) is 1.71. The van der Waals surface area contributed by atoms with E-state index >= 15 is 0 Å². The van der Waals surface area contributed by atoms with E-state index in [4.69, 9.17) is 11.6 Å². The van der Waals surface area contributed by atoms with Gasteiger partial charge in [0.1, 0.15) is 5.65 Å². The number of pyridine rings is 1. The third-order valence-corrected chi connectivity index (χ3v) is 4.94. The van der Waals surface area contributed by atoms with Gasteiger partial charge in [-0.05, 0) is 23.6 Å². The largest absolute Gasteiger partial charge is 0.288 e. The summed E-state index contributed by atoms with van der Waals surface area (Å²) in [6.07, 6.45) is 1.61. The summed E-state index contributed by atoms with van der Waals surface area (Å²) < 4.78 is 28.6. The lowest BCUT2D eigenvalue weighted by molar-refractivity contribution is 0.596. The molecule has 19 heavy (non-hydrogen) atoms. The van der Waals surface area contributed by atoms with Crippen molar-refractivity contribution < 1.29 is 8.42 Å². The first-order valence-corrected chi connectivity index (χ1v) is 8.06. The minimum atomic E-state index is -3.77. The maximum atomic E-state index is 12.3. The van der Waals surface area contributed by atoms with Gasteiger partial charge in [-0.15, -0.1) is 0 Å². The molecule has 0 fully saturated rings. The summed E-state index contributed by atoms with van der Waals surface area (Å²) in [5.74, 6) is 0. The van der Waals surface area contributed by atoms with Gasteiger partial charge in [0.15, 0.2) is 10.2 Å². The lowest BCUT2D eigenvalue weighted by atomic mass is 10.5. The fraction of sp³-hybridized carbons (Fsp3) is 0. The van der Waals surface area contributed by atoms with E-state index in [0.717, 1.165) is 0 Å². The van der Waals surface area contributed by atoms with E-state index in [9.17, 15) is 8.42 Å². The molecule has 5 nitrogen and oxygen atoms in total. The number of hydrogen-bond acceptors (Lipinski definition) is 4. The smallest absolute Gasteiger partial charge is 0.281 e. The Hall–Kier alpha value is -1.57. The maximum Gasteiger partial charge on any atom is 0.281 e. The monoisotopic (exact) mass is 313 g/mol. The number of sulfonamides is 1. The molecule has 0 saturated carbocycles. The van der Waals surface area contributed by atoms with Gasteiger partial charge in [0, 0.05) is 11.6 Å². The highest BCUT2D eigenvalue weighted by Gasteiger charge is 2.24. The predicted octanol–water partition coefficient (Wildman–Crippen LogP) is 2.85. The number of thiophene rings is 1. The molecule has 3 aromatic heterocycles. The van der Waals surface area contributed by atoms with Crippen molar-refractivity contribution in [2.75, 3.05) is 4.72 Å². The third kappa shape index (κ3) is 2.20. The Labute approximate surface area is 118 Å². The lowest BCUT2D eigenvalue weighted by Gasteiger charge is -2.06. The molecule has 3 aromatic rings. The average molecular weight is 314 g/mol. The van der Waals surface area contributed by atoms with Crippen molar-refractivity contribution >= 4 is 44.3 Å². The first-order valence-electron chi connectivity index (χ1n) is 5.25. The van der Waals surface area contributed by atoms with E-state index in [0.29, 0.717) is 11.3 Å². The molecule has 0 saturated heterocycles. The molecular formula is C11H8ClN3O2S2. The summed E-state index contributed by atoms with van der Waals surface area (Å²) in [5.41, 5.74) is 0.991. The molecular weight excluding hydrogens is 306 g/mol. The van der Waals surface area contributed by atoms with Crippen molar-refractivity contribution in [2.24, 2.45) is 0 Å². The quantitative estimate of drug-likeness (QED) is 0.808. The predicted molar refractivity (Wildman–Crippen MR) is 75.3 cm³/mol. The van der Waals surface area contributed by atoms with Crippen molar-refractivity contribution in [1.29, 1.82) is 0 Å². The average Bonchev–Trinajstić information content (AvgIpc) is 2.94. The Balaban J connectivity index is 2.15. The standard InChI is InChI=1S/C11H8ClN3O2S2/c12-10-11(15-5-2-1-3-9(15)13-10)19(16,17)14-8-4-6-18-7-8/h1-7,14H. The van der Waals surface area contributed by atoms with Crippen molar-refractivity contribution in [3.8, 4) is 0 Å². The molecule has 1 N–H and O–H groups in total. The van der Waals surface area contributed by atoms with E-state index in [-0.39, 0.29) is 10.2 Å². The minimum Gasteiger partial charge on any atom is -0.288 e. The molecule has 0 unspecified atom stereocenters. The summed E-state index contributed by atoms with van der Waals surface area (Å²) in [7, 11) is -3.77. The van der Waals surface area contributed by atoms with Crippen LogP contribution in [-0.4, -0.2) is 17.8 Å². The first kappa shape index (κ1) is 12.5. The van der Waals surface area contributed by atoms with Crippen molar-refractivity contribution in [2.45, 2.75) is 5.03 Å². The highest BCUT2D eigenvalue weighted by atomic mass is 35.5. The van der Waals surface area contributed by atoms with E-state index in [1.165, 1.54) is 15.7 Å². The van der Waals surface area contributed by atoms with Crippen LogP contribution in [0.4, 0.5) is 5.69 Å². The molecule has 0 radical (unpaired) electrons. The third-order valence-electron chi connectivity index (χ3n) is 2.47. The number of hydrogen-bond donors (Lipinski definition) is 1. The second kappa shape index (κ2) is 4.52. The number of nitrogens with one attached hydrogen (secondary N) is 1. The summed E-state index contributed by atoms with van der Waals surface area (Å²) in [6, 6.07) is 6.85. The molecule has 0 atom stereocenters. The molecule has 3 heterocycles. The number of anilines is 1. The SMILES string of the molecule is O=S(=O)(Nc1ccsc1)c1c(Cl)nc2ccccn12. The second-order valence-corrected chi connectivity index (χ2v) is 6.49. The van der Waals surface area contributed by atoms with E-state index in [1.54, 1.807) is 41.2 Å². The van der Waals surface area contributed by atoms with Gasteiger partial charge in [-0.2, -0.15) is 19.8 Å². The van der Waals surface area contributed by atoms with Crippen LogP contribution in [0.5, 0.6) is 0 Å². The first-order chi connectivity index (χ1) is 9.08. The van der Waals surface area contributed by atoms with Gasteiger partial charge in [-0.1, -0.05) is 17.7 Å². The number of aromatic nitrogens is 2. The van der Waals surface area contributed by atoms with Gasteiger partial charge in [0.2, 0.25) is 0 Å². The van der Waals surface area contributed by atoms with Crippen LogP contribution in [-0.2, 0) is 10.0 Å². The number of imidazole rings is 1. The van der Waals surface area contributed by atoms with Crippen molar-refractivity contribution in [3.63, 3.8) is 0 Å². The second-order valence-electron chi connectivity index (χ2n) is 3.75. The van der Waals surface area contributed by atoms with E-state index in [2.05, 4.69) is 9.71 Å². The van der Waals surface area contributed by atoms with Crippen LogP contribution in [0.3, 0.4) is 0 Å². The van der Waals surface area contributed by atoms with Gasteiger partial charge in [0.25, 0.3) is 10.0 Å². The zero-order valence-corrected chi connectivity index (χ0v) is 11.8. The number of halogens is 1. The van der Waals surface area contributed by atoms with Gasteiger partial charge in [0.05, 0.1) is 5.69 Å². The molecule has 0 aliphatic carbocycles. The zero-order valence-electron chi connectivity index (χ0n) is 9.45.